The predicted octanol–water partition coefficient (Wildman–Crippen LogP) is 1.95. The molecule has 2 aromatic rings. The maximum Gasteiger partial charge on any atom is 0.123 e. The van der Waals surface area contributed by atoms with Crippen molar-refractivity contribution in [3.05, 3.63) is 30.1 Å². The van der Waals surface area contributed by atoms with Crippen LogP contribution in [-0.2, 0) is 18.3 Å². The third-order valence-corrected chi connectivity index (χ3v) is 3.11. The van der Waals surface area contributed by atoms with E-state index in [1.54, 1.807) is 7.11 Å². The van der Waals surface area contributed by atoms with Crippen LogP contribution in [0.25, 0.3) is 11.0 Å². The highest BCUT2D eigenvalue weighted by atomic mass is 16.5. The van der Waals surface area contributed by atoms with Gasteiger partial charge in [-0.15, -0.1) is 0 Å². The minimum absolute atomic E-state index is 0.518. The number of hydrogen-bond acceptors (Lipinski definition) is 3. The number of nitrogens with one attached hydrogen (secondary N) is 1. The highest BCUT2D eigenvalue weighted by molar-refractivity contribution is 5.75. The number of para-hydroxylation sites is 2. The molecule has 0 saturated heterocycles. The van der Waals surface area contributed by atoms with Crippen LogP contribution in [0.5, 0.6) is 0 Å². The Balaban J connectivity index is 1.97. The summed E-state index contributed by atoms with van der Waals surface area (Å²) < 4.78 is 7.26. The summed E-state index contributed by atoms with van der Waals surface area (Å²) in [5.74, 6) is 1.59. The smallest absolute Gasteiger partial charge is 0.123 e. The van der Waals surface area contributed by atoms with Crippen molar-refractivity contribution in [2.45, 2.75) is 13.5 Å². The second kappa shape index (κ2) is 5.98. The number of imidazole rings is 1. The monoisotopic (exact) mass is 247 g/mol. The number of benzene rings is 1. The van der Waals surface area contributed by atoms with Crippen LogP contribution in [-0.4, -0.2) is 29.8 Å². The highest BCUT2D eigenvalue weighted by Gasteiger charge is 2.07. The molecule has 0 bridgehead atoms. The van der Waals surface area contributed by atoms with Gasteiger partial charge >= 0.3 is 0 Å². The number of fused-ring (bicyclic) bond motifs is 1. The van der Waals surface area contributed by atoms with Crippen LogP contribution < -0.4 is 5.32 Å². The molecular formula is C14H21N3O. The topological polar surface area (TPSA) is 39.1 Å². The average Bonchev–Trinajstić information content (AvgIpc) is 2.68. The Bertz CT molecular complexity index is 507. The molecular weight excluding hydrogens is 226 g/mol. The standard InChI is InChI=1S/C14H21N3O/c1-11(10-18-3)8-15-9-14-16-12-6-4-5-7-13(12)17(14)2/h4-7,11,15H,8-10H2,1-3H3. The van der Waals surface area contributed by atoms with Gasteiger partial charge in [0, 0.05) is 27.3 Å². The van der Waals surface area contributed by atoms with Crippen molar-refractivity contribution in [1.29, 1.82) is 0 Å². The molecule has 1 N–H and O–H groups in total. The van der Waals surface area contributed by atoms with Gasteiger partial charge in [0.2, 0.25) is 0 Å². The number of ether oxygens (including phenoxy) is 1. The van der Waals surface area contributed by atoms with Gasteiger partial charge in [-0.25, -0.2) is 4.98 Å². The van der Waals surface area contributed by atoms with Crippen LogP contribution in [0.2, 0.25) is 0 Å². The third-order valence-electron chi connectivity index (χ3n) is 3.11. The normalized spacial score (nSPS) is 13.1. The third kappa shape index (κ3) is 2.89. The van der Waals surface area contributed by atoms with Gasteiger partial charge in [-0.1, -0.05) is 19.1 Å². The first-order valence-corrected chi connectivity index (χ1v) is 6.32. The predicted molar refractivity (Wildman–Crippen MR) is 73.5 cm³/mol. The van der Waals surface area contributed by atoms with Gasteiger partial charge in [0.1, 0.15) is 5.82 Å². The van der Waals surface area contributed by atoms with E-state index in [9.17, 15) is 0 Å². The minimum atomic E-state index is 0.518. The molecule has 0 amide bonds. The number of methoxy groups -OCH3 is 1. The Morgan fingerprint density at radius 2 is 2.17 bits per heavy atom. The van der Waals surface area contributed by atoms with Gasteiger partial charge in [0.15, 0.2) is 0 Å². The number of rotatable bonds is 6. The van der Waals surface area contributed by atoms with Crippen molar-refractivity contribution < 1.29 is 4.74 Å². The van der Waals surface area contributed by atoms with Crippen molar-refractivity contribution in [3.63, 3.8) is 0 Å². The van der Waals surface area contributed by atoms with Gasteiger partial charge in [-0.05, 0) is 18.1 Å². The summed E-state index contributed by atoms with van der Waals surface area (Å²) in [4.78, 5) is 4.62. The number of aromatic nitrogens is 2. The molecule has 0 fully saturated rings. The Morgan fingerprint density at radius 3 is 2.89 bits per heavy atom. The first-order valence-electron chi connectivity index (χ1n) is 6.32. The molecule has 18 heavy (non-hydrogen) atoms. The quantitative estimate of drug-likeness (QED) is 0.848. The molecule has 0 radical (unpaired) electrons. The Labute approximate surface area is 108 Å². The summed E-state index contributed by atoms with van der Waals surface area (Å²) in [6, 6.07) is 8.21. The van der Waals surface area contributed by atoms with E-state index in [0.29, 0.717) is 5.92 Å². The van der Waals surface area contributed by atoms with Gasteiger partial charge < -0.3 is 14.6 Å². The number of hydrogen-bond donors (Lipinski definition) is 1. The van der Waals surface area contributed by atoms with Crippen LogP contribution in [0.3, 0.4) is 0 Å². The Kier molecular flexibility index (Phi) is 4.33. The second-order valence-electron chi connectivity index (χ2n) is 4.77. The molecule has 2 rings (SSSR count). The molecule has 1 atom stereocenters. The number of nitrogens with zero attached hydrogens (tertiary/aromatic N) is 2. The van der Waals surface area contributed by atoms with Crippen LogP contribution in [0.1, 0.15) is 12.7 Å². The second-order valence-corrected chi connectivity index (χ2v) is 4.77. The lowest BCUT2D eigenvalue weighted by Gasteiger charge is -2.11. The van der Waals surface area contributed by atoms with Crippen LogP contribution in [0.4, 0.5) is 0 Å². The van der Waals surface area contributed by atoms with Gasteiger partial charge in [-0.3, -0.25) is 0 Å². The lowest BCUT2D eigenvalue weighted by molar-refractivity contribution is 0.158. The van der Waals surface area contributed by atoms with E-state index in [4.69, 9.17) is 4.74 Å². The van der Waals surface area contributed by atoms with Gasteiger partial charge in [0.05, 0.1) is 17.6 Å². The van der Waals surface area contributed by atoms with E-state index < -0.39 is 0 Å². The zero-order valence-corrected chi connectivity index (χ0v) is 11.3. The first-order chi connectivity index (χ1) is 8.72. The Morgan fingerprint density at radius 1 is 1.39 bits per heavy atom. The van der Waals surface area contributed by atoms with Crippen LogP contribution in [0.15, 0.2) is 24.3 Å². The van der Waals surface area contributed by atoms with E-state index in [1.807, 2.05) is 18.2 Å². The van der Waals surface area contributed by atoms with E-state index in [1.165, 1.54) is 5.52 Å². The zero-order valence-electron chi connectivity index (χ0n) is 11.3. The maximum absolute atomic E-state index is 5.12. The van der Waals surface area contributed by atoms with Crippen LogP contribution >= 0.6 is 0 Å². The molecule has 1 unspecified atom stereocenters. The molecule has 4 heteroatoms. The molecule has 1 aromatic heterocycles. The van der Waals surface area contributed by atoms with Crippen LogP contribution in [0, 0.1) is 5.92 Å². The van der Waals surface area contributed by atoms with E-state index in [0.717, 1.165) is 31.0 Å². The fourth-order valence-corrected chi connectivity index (χ4v) is 2.13. The van der Waals surface area contributed by atoms with Gasteiger partial charge in [0.25, 0.3) is 0 Å². The Hall–Kier alpha value is -1.39. The molecule has 0 aliphatic rings. The minimum Gasteiger partial charge on any atom is -0.384 e. The van der Waals surface area contributed by atoms with E-state index >= 15 is 0 Å². The van der Waals surface area contributed by atoms with Crippen molar-refractivity contribution in [2.75, 3.05) is 20.3 Å². The summed E-state index contributed by atoms with van der Waals surface area (Å²) >= 11 is 0. The molecule has 1 heterocycles. The van der Waals surface area contributed by atoms with Crippen molar-refractivity contribution in [3.8, 4) is 0 Å². The largest absolute Gasteiger partial charge is 0.384 e. The highest BCUT2D eigenvalue weighted by Crippen LogP contribution is 2.13. The number of aryl methyl sites for hydroxylation is 1. The molecule has 4 nitrogen and oxygen atoms in total. The molecule has 98 valence electrons. The summed E-state index contributed by atoms with van der Waals surface area (Å²) in [7, 11) is 3.80. The molecule has 1 aromatic carbocycles. The fourth-order valence-electron chi connectivity index (χ4n) is 2.13. The SMILES string of the molecule is COCC(C)CNCc1nc2ccccc2n1C. The maximum atomic E-state index is 5.12. The van der Waals surface area contributed by atoms with Crippen molar-refractivity contribution >= 4 is 11.0 Å². The average molecular weight is 247 g/mol. The zero-order chi connectivity index (χ0) is 13.0. The molecule has 0 spiro atoms. The summed E-state index contributed by atoms with van der Waals surface area (Å²) in [6.07, 6.45) is 0. The first kappa shape index (κ1) is 13.1. The summed E-state index contributed by atoms with van der Waals surface area (Å²) in [5, 5.41) is 3.42. The molecule has 0 aliphatic carbocycles. The molecule has 0 aliphatic heterocycles. The van der Waals surface area contributed by atoms with E-state index in [2.05, 4.69) is 34.9 Å². The fraction of sp³-hybridized carbons (Fsp3) is 0.500. The summed E-state index contributed by atoms with van der Waals surface area (Å²) in [5.41, 5.74) is 2.24. The van der Waals surface area contributed by atoms with Crippen molar-refractivity contribution in [1.82, 2.24) is 14.9 Å². The molecule has 0 saturated carbocycles. The van der Waals surface area contributed by atoms with Crippen molar-refractivity contribution in [2.24, 2.45) is 13.0 Å². The lowest BCUT2D eigenvalue weighted by atomic mass is 10.2. The van der Waals surface area contributed by atoms with Gasteiger partial charge in [-0.2, -0.15) is 0 Å². The lowest BCUT2D eigenvalue weighted by Crippen LogP contribution is -2.24. The summed E-state index contributed by atoms with van der Waals surface area (Å²) in [6.45, 7) is 4.69. The van der Waals surface area contributed by atoms with E-state index in [-0.39, 0.29) is 0 Å².